The van der Waals surface area contributed by atoms with E-state index in [0.29, 0.717) is 10.6 Å². The highest BCUT2D eigenvalue weighted by Crippen LogP contribution is 2.42. The van der Waals surface area contributed by atoms with E-state index in [4.69, 9.17) is 4.74 Å². The van der Waals surface area contributed by atoms with Crippen molar-refractivity contribution in [3.8, 4) is 10.8 Å². The molecule has 0 bridgehead atoms. The first-order valence-electron chi connectivity index (χ1n) is 6.24. The van der Waals surface area contributed by atoms with E-state index in [1.807, 2.05) is 25.1 Å². The maximum absolute atomic E-state index is 11.1. The molecule has 2 aromatic rings. The van der Waals surface area contributed by atoms with Crippen molar-refractivity contribution in [2.24, 2.45) is 0 Å². The second-order valence-corrected chi connectivity index (χ2v) is 5.36. The lowest BCUT2D eigenvalue weighted by Gasteiger charge is -2.07. The zero-order valence-electron chi connectivity index (χ0n) is 11.2. The summed E-state index contributed by atoms with van der Waals surface area (Å²) in [5.41, 5.74) is 0.866. The second kappa shape index (κ2) is 6.02. The molecule has 0 aliphatic heterocycles. The van der Waals surface area contributed by atoms with Gasteiger partial charge in [0.1, 0.15) is 5.75 Å². The summed E-state index contributed by atoms with van der Waals surface area (Å²) in [7, 11) is 0. The van der Waals surface area contributed by atoms with Crippen LogP contribution in [0.3, 0.4) is 0 Å². The Morgan fingerprint density at radius 1 is 1.45 bits per heavy atom. The van der Waals surface area contributed by atoms with Gasteiger partial charge < -0.3 is 9.84 Å². The van der Waals surface area contributed by atoms with Crippen LogP contribution in [-0.2, 0) is 6.42 Å². The summed E-state index contributed by atoms with van der Waals surface area (Å²) in [5.74, 6) is 0.608. The molecule has 1 atom stereocenters. The van der Waals surface area contributed by atoms with Crippen molar-refractivity contribution < 1.29 is 14.8 Å². The zero-order chi connectivity index (χ0) is 14.7. The molecule has 0 spiro atoms. The van der Waals surface area contributed by atoms with Crippen LogP contribution in [0.1, 0.15) is 30.4 Å². The van der Waals surface area contributed by atoms with Crippen LogP contribution in [0, 0.1) is 10.1 Å². The lowest BCUT2D eigenvalue weighted by atomic mass is 10.1. The van der Waals surface area contributed by atoms with E-state index in [0.717, 1.165) is 23.3 Å². The van der Waals surface area contributed by atoms with Gasteiger partial charge in [0.05, 0.1) is 11.0 Å². The van der Waals surface area contributed by atoms with Gasteiger partial charge in [-0.15, -0.1) is 0 Å². The van der Waals surface area contributed by atoms with E-state index in [-0.39, 0.29) is 10.8 Å². The Morgan fingerprint density at radius 3 is 2.75 bits per heavy atom. The van der Waals surface area contributed by atoms with E-state index in [1.165, 1.54) is 6.07 Å². The minimum Gasteiger partial charge on any atom is -0.440 e. The molecule has 0 fully saturated rings. The largest absolute Gasteiger partial charge is 0.440 e. The summed E-state index contributed by atoms with van der Waals surface area (Å²) in [6, 6.07) is 8.78. The number of thiophene rings is 1. The average Bonchev–Trinajstić information content (AvgIpc) is 2.84. The van der Waals surface area contributed by atoms with Crippen LogP contribution in [0.15, 0.2) is 30.3 Å². The maximum Gasteiger partial charge on any atom is 0.323 e. The highest BCUT2D eigenvalue weighted by Gasteiger charge is 2.23. The van der Waals surface area contributed by atoms with Crippen molar-refractivity contribution >= 4 is 17.0 Å². The fourth-order valence-electron chi connectivity index (χ4n) is 1.78. The molecule has 5 nitrogen and oxygen atoms in total. The number of aliphatic hydroxyl groups excluding tert-OH is 1. The fraction of sp³-hybridized carbons (Fsp3) is 0.286. The molecular formula is C14H15NO4S. The Hall–Kier alpha value is -1.92. The Balaban J connectivity index is 2.39. The molecule has 20 heavy (non-hydrogen) atoms. The molecule has 0 aliphatic carbocycles. The van der Waals surface area contributed by atoms with E-state index in [9.17, 15) is 15.2 Å². The highest BCUT2D eigenvalue weighted by molar-refractivity contribution is 7.14. The van der Waals surface area contributed by atoms with E-state index >= 15 is 0 Å². The molecule has 1 aromatic heterocycles. The van der Waals surface area contributed by atoms with Crippen LogP contribution in [0.25, 0.3) is 0 Å². The summed E-state index contributed by atoms with van der Waals surface area (Å²) in [6.07, 6.45) is 0.0241. The van der Waals surface area contributed by atoms with E-state index in [2.05, 4.69) is 0 Å². The number of ether oxygens (including phenoxy) is 1. The van der Waals surface area contributed by atoms with E-state index in [1.54, 1.807) is 13.0 Å². The van der Waals surface area contributed by atoms with Crippen LogP contribution in [-0.4, -0.2) is 10.0 Å². The van der Waals surface area contributed by atoms with Gasteiger partial charge in [-0.3, -0.25) is 10.1 Å². The van der Waals surface area contributed by atoms with Crippen molar-refractivity contribution in [1.29, 1.82) is 0 Å². The Bertz CT molecular complexity index is 621. The second-order valence-electron chi connectivity index (χ2n) is 4.32. The number of hydrogen-bond acceptors (Lipinski definition) is 5. The molecule has 0 unspecified atom stereocenters. The first kappa shape index (κ1) is 14.5. The number of aryl methyl sites for hydroxylation is 1. The van der Waals surface area contributed by atoms with Crippen molar-refractivity contribution in [2.45, 2.75) is 26.4 Å². The summed E-state index contributed by atoms with van der Waals surface area (Å²) in [5, 5.41) is 20.8. The lowest BCUT2D eigenvalue weighted by molar-refractivity contribution is -0.385. The van der Waals surface area contributed by atoms with Gasteiger partial charge in [0.15, 0.2) is 0 Å². The van der Waals surface area contributed by atoms with Gasteiger partial charge in [0.25, 0.3) is 5.06 Å². The summed E-state index contributed by atoms with van der Waals surface area (Å²) in [4.78, 5) is 11.1. The molecule has 0 amide bonds. The fourth-order valence-corrected chi connectivity index (χ4v) is 2.71. The number of para-hydroxylation sites is 1. The molecule has 2 rings (SSSR count). The number of rotatable bonds is 5. The Kier molecular flexibility index (Phi) is 4.36. The van der Waals surface area contributed by atoms with Gasteiger partial charge in [-0.1, -0.05) is 36.5 Å². The Labute approximate surface area is 120 Å². The van der Waals surface area contributed by atoms with Crippen molar-refractivity contribution in [2.75, 3.05) is 0 Å². The topological polar surface area (TPSA) is 72.6 Å². The summed E-state index contributed by atoms with van der Waals surface area (Å²) >= 11 is 1.10. The van der Waals surface area contributed by atoms with Gasteiger partial charge in [0, 0.05) is 10.9 Å². The average molecular weight is 293 g/mol. The third kappa shape index (κ3) is 2.97. The van der Waals surface area contributed by atoms with Crippen molar-refractivity contribution in [3.63, 3.8) is 0 Å². The minimum absolute atomic E-state index is 0.114. The first-order valence-corrected chi connectivity index (χ1v) is 7.06. The van der Waals surface area contributed by atoms with Gasteiger partial charge in [-0.25, -0.2) is 0 Å². The summed E-state index contributed by atoms with van der Waals surface area (Å²) in [6.45, 7) is 3.56. The number of hydrogen-bond donors (Lipinski definition) is 1. The minimum atomic E-state index is -0.752. The molecule has 0 radical (unpaired) electrons. The normalized spacial score (nSPS) is 12.2. The van der Waals surface area contributed by atoms with E-state index < -0.39 is 11.0 Å². The van der Waals surface area contributed by atoms with Crippen LogP contribution in [0.4, 0.5) is 5.69 Å². The Morgan fingerprint density at radius 2 is 2.15 bits per heavy atom. The monoisotopic (exact) mass is 293 g/mol. The zero-order valence-corrected chi connectivity index (χ0v) is 12.0. The molecule has 1 aromatic carbocycles. The molecule has 1 heterocycles. The molecule has 106 valence electrons. The molecule has 1 N–H and O–H groups in total. The quantitative estimate of drug-likeness (QED) is 0.666. The molecular weight excluding hydrogens is 278 g/mol. The number of nitro groups is 1. The van der Waals surface area contributed by atoms with Crippen molar-refractivity contribution in [1.82, 2.24) is 0 Å². The third-order valence-electron chi connectivity index (χ3n) is 2.86. The van der Waals surface area contributed by atoms with Crippen LogP contribution < -0.4 is 4.74 Å². The lowest BCUT2D eigenvalue weighted by Crippen LogP contribution is -1.92. The van der Waals surface area contributed by atoms with Gasteiger partial charge >= 0.3 is 5.69 Å². The van der Waals surface area contributed by atoms with Crippen LogP contribution in [0.2, 0.25) is 0 Å². The van der Waals surface area contributed by atoms with Crippen LogP contribution >= 0.6 is 11.3 Å². The summed E-state index contributed by atoms with van der Waals surface area (Å²) < 4.78 is 5.69. The highest BCUT2D eigenvalue weighted by atomic mass is 32.1. The molecule has 0 saturated heterocycles. The van der Waals surface area contributed by atoms with Crippen LogP contribution in [0.5, 0.6) is 10.8 Å². The van der Waals surface area contributed by atoms with Gasteiger partial charge in [-0.2, -0.15) is 0 Å². The SMILES string of the molecule is CCc1ccccc1Oc1sc([C@H](C)O)cc1[N+](=O)[O-]. The van der Waals surface area contributed by atoms with Gasteiger partial charge in [0.2, 0.25) is 0 Å². The number of benzene rings is 1. The smallest absolute Gasteiger partial charge is 0.323 e. The molecule has 0 saturated carbocycles. The number of aliphatic hydroxyl groups is 1. The van der Waals surface area contributed by atoms with Crippen molar-refractivity contribution in [3.05, 3.63) is 50.9 Å². The maximum atomic E-state index is 11.1. The third-order valence-corrected chi connectivity index (χ3v) is 4.04. The predicted octanol–water partition coefficient (Wildman–Crippen LogP) is 4.06. The number of nitrogens with zero attached hydrogens (tertiary/aromatic N) is 1. The molecule has 0 aliphatic rings. The first-order chi connectivity index (χ1) is 9.52. The molecule has 6 heteroatoms. The predicted molar refractivity (Wildman–Crippen MR) is 77.5 cm³/mol. The van der Waals surface area contributed by atoms with Gasteiger partial charge in [-0.05, 0) is 25.0 Å². The standard InChI is InChI=1S/C14H15NO4S/c1-3-10-6-4-5-7-12(10)19-14-11(15(17)18)8-13(20-14)9(2)16/h4-9,16H,3H2,1-2H3/t9-/m0/s1.